The molecule has 98 valence electrons. The number of hydrogen-bond acceptors (Lipinski definition) is 5. The lowest BCUT2D eigenvalue weighted by atomic mass is 10.3. The summed E-state index contributed by atoms with van der Waals surface area (Å²) in [4.78, 5) is 1.15. The van der Waals surface area contributed by atoms with Crippen molar-refractivity contribution in [2.24, 2.45) is 0 Å². The summed E-state index contributed by atoms with van der Waals surface area (Å²) in [5, 5.41) is 11.1. The number of hydrogen-bond donors (Lipinski definition) is 3. The fourth-order valence-electron chi connectivity index (χ4n) is 1.64. The van der Waals surface area contributed by atoms with E-state index in [-0.39, 0.29) is 0 Å². The van der Waals surface area contributed by atoms with Gasteiger partial charge in [0.05, 0.1) is 11.9 Å². The van der Waals surface area contributed by atoms with Crippen LogP contribution in [0.4, 0.5) is 5.69 Å². The highest BCUT2D eigenvalue weighted by molar-refractivity contribution is 7.93. The molecule has 2 aromatic heterocycles. The minimum absolute atomic E-state index is 0.350. The molecule has 0 bridgehead atoms. The Bertz CT molecular complexity index is 616. The van der Waals surface area contributed by atoms with E-state index in [4.69, 9.17) is 0 Å². The molecule has 3 N–H and O–H groups in total. The number of sulfonamides is 1. The molecular formula is C10H14N4O2S2. The van der Waals surface area contributed by atoms with Crippen LogP contribution in [0.2, 0.25) is 0 Å². The van der Waals surface area contributed by atoms with Gasteiger partial charge in [-0.1, -0.05) is 0 Å². The van der Waals surface area contributed by atoms with Crippen molar-refractivity contribution in [2.75, 3.05) is 11.8 Å². The van der Waals surface area contributed by atoms with Crippen LogP contribution in [0.3, 0.4) is 0 Å². The standard InChI is InChI=1S/C10H14N4O2S2/c1-7-6-17-9(5-11-2)10(7)18(15,16)14-8-3-12-13-4-8/h3-4,6,11,14H,5H2,1-2H3,(H,12,13). The Labute approximate surface area is 109 Å². The third kappa shape index (κ3) is 2.55. The number of anilines is 1. The summed E-state index contributed by atoms with van der Waals surface area (Å²) in [6, 6.07) is 0. The van der Waals surface area contributed by atoms with Gasteiger partial charge in [-0.05, 0) is 24.9 Å². The second-order valence-corrected chi connectivity index (χ2v) is 6.38. The molecule has 2 rings (SSSR count). The fraction of sp³-hybridized carbons (Fsp3) is 0.300. The first-order valence-electron chi connectivity index (χ1n) is 5.28. The van der Waals surface area contributed by atoms with Crippen molar-refractivity contribution >= 4 is 27.0 Å². The van der Waals surface area contributed by atoms with Crippen molar-refractivity contribution < 1.29 is 8.42 Å². The Morgan fingerprint density at radius 1 is 1.50 bits per heavy atom. The third-order valence-electron chi connectivity index (χ3n) is 2.35. The van der Waals surface area contributed by atoms with Crippen molar-refractivity contribution in [1.29, 1.82) is 0 Å². The number of aromatic amines is 1. The van der Waals surface area contributed by atoms with Crippen LogP contribution >= 0.6 is 11.3 Å². The maximum absolute atomic E-state index is 12.3. The smallest absolute Gasteiger partial charge is 0.263 e. The number of H-pyrrole nitrogens is 1. The van der Waals surface area contributed by atoms with E-state index in [2.05, 4.69) is 20.2 Å². The molecule has 0 amide bonds. The number of nitrogens with one attached hydrogen (secondary N) is 3. The molecule has 0 unspecified atom stereocenters. The highest BCUT2D eigenvalue weighted by Gasteiger charge is 2.22. The molecule has 6 nitrogen and oxygen atoms in total. The fourth-order valence-corrected chi connectivity index (χ4v) is 4.50. The van der Waals surface area contributed by atoms with Crippen molar-refractivity contribution in [2.45, 2.75) is 18.4 Å². The highest BCUT2D eigenvalue weighted by atomic mass is 32.2. The Morgan fingerprint density at radius 2 is 2.28 bits per heavy atom. The normalized spacial score (nSPS) is 11.7. The first-order valence-corrected chi connectivity index (χ1v) is 7.64. The summed E-state index contributed by atoms with van der Waals surface area (Å²) >= 11 is 1.44. The number of aryl methyl sites for hydroxylation is 1. The Balaban J connectivity index is 2.37. The average Bonchev–Trinajstić information content (AvgIpc) is 2.89. The number of thiophene rings is 1. The lowest BCUT2D eigenvalue weighted by Crippen LogP contribution is -2.16. The van der Waals surface area contributed by atoms with Gasteiger partial charge >= 0.3 is 0 Å². The molecule has 0 aliphatic carbocycles. The van der Waals surface area contributed by atoms with E-state index in [1.54, 1.807) is 14.0 Å². The Hall–Kier alpha value is -1.38. The van der Waals surface area contributed by atoms with E-state index < -0.39 is 10.0 Å². The summed E-state index contributed by atoms with van der Waals surface area (Å²) in [6.07, 6.45) is 2.92. The minimum Gasteiger partial charge on any atom is -0.315 e. The van der Waals surface area contributed by atoms with Crippen LogP contribution in [0, 0.1) is 6.92 Å². The van der Waals surface area contributed by atoms with Gasteiger partial charge in [0.1, 0.15) is 4.90 Å². The molecule has 0 spiro atoms. The lowest BCUT2D eigenvalue weighted by molar-refractivity contribution is 0.599. The minimum atomic E-state index is -3.56. The first kappa shape index (κ1) is 13.1. The van der Waals surface area contributed by atoms with Gasteiger partial charge in [0.2, 0.25) is 0 Å². The summed E-state index contributed by atoms with van der Waals surface area (Å²) < 4.78 is 27.1. The highest BCUT2D eigenvalue weighted by Crippen LogP contribution is 2.28. The Morgan fingerprint density at radius 3 is 2.89 bits per heavy atom. The zero-order valence-electron chi connectivity index (χ0n) is 10.0. The first-order chi connectivity index (χ1) is 8.54. The molecular weight excluding hydrogens is 272 g/mol. The van der Waals surface area contributed by atoms with E-state index in [9.17, 15) is 8.42 Å². The number of rotatable bonds is 5. The van der Waals surface area contributed by atoms with Crippen LogP contribution in [0.15, 0.2) is 22.7 Å². The topological polar surface area (TPSA) is 86.9 Å². The summed E-state index contributed by atoms with van der Waals surface area (Å²) in [7, 11) is -1.78. The van der Waals surface area contributed by atoms with E-state index in [0.717, 1.165) is 10.4 Å². The molecule has 18 heavy (non-hydrogen) atoms. The van der Waals surface area contributed by atoms with Crippen LogP contribution in [0.1, 0.15) is 10.4 Å². The zero-order chi connectivity index (χ0) is 13.2. The molecule has 0 aliphatic heterocycles. The van der Waals surface area contributed by atoms with E-state index in [0.29, 0.717) is 17.1 Å². The number of nitrogens with zero attached hydrogens (tertiary/aromatic N) is 1. The second kappa shape index (κ2) is 5.09. The maximum Gasteiger partial charge on any atom is 0.263 e. The van der Waals surface area contributed by atoms with Crippen LogP contribution in [0.5, 0.6) is 0 Å². The van der Waals surface area contributed by atoms with Crippen LogP contribution < -0.4 is 10.0 Å². The monoisotopic (exact) mass is 286 g/mol. The van der Waals surface area contributed by atoms with Gasteiger partial charge in [0, 0.05) is 17.6 Å². The molecule has 0 radical (unpaired) electrons. The molecule has 0 fully saturated rings. The average molecular weight is 286 g/mol. The molecule has 2 aromatic rings. The lowest BCUT2D eigenvalue weighted by Gasteiger charge is -2.08. The van der Waals surface area contributed by atoms with E-state index in [1.165, 1.54) is 23.7 Å². The third-order valence-corrected chi connectivity index (χ3v) is 5.19. The van der Waals surface area contributed by atoms with Crippen molar-refractivity contribution in [1.82, 2.24) is 15.5 Å². The zero-order valence-corrected chi connectivity index (χ0v) is 11.7. The molecule has 0 aliphatic rings. The molecule has 0 aromatic carbocycles. The molecule has 0 atom stereocenters. The maximum atomic E-state index is 12.3. The van der Waals surface area contributed by atoms with E-state index in [1.807, 2.05) is 5.38 Å². The van der Waals surface area contributed by atoms with Crippen LogP contribution in [-0.2, 0) is 16.6 Å². The molecule has 8 heteroatoms. The van der Waals surface area contributed by atoms with Gasteiger partial charge in [-0.3, -0.25) is 9.82 Å². The van der Waals surface area contributed by atoms with Gasteiger partial charge in [0.25, 0.3) is 10.0 Å². The summed E-state index contributed by atoms with van der Waals surface area (Å²) in [5.74, 6) is 0. The predicted molar refractivity (Wildman–Crippen MR) is 71.2 cm³/mol. The van der Waals surface area contributed by atoms with Crippen LogP contribution in [0.25, 0.3) is 0 Å². The SMILES string of the molecule is CNCc1scc(C)c1S(=O)(=O)Nc1cn[nH]c1. The van der Waals surface area contributed by atoms with Crippen molar-refractivity contribution in [3.63, 3.8) is 0 Å². The number of aromatic nitrogens is 2. The largest absolute Gasteiger partial charge is 0.315 e. The Kier molecular flexibility index (Phi) is 3.69. The quantitative estimate of drug-likeness (QED) is 0.773. The van der Waals surface area contributed by atoms with Gasteiger partial charge < -0.3 is 5.32 Å². The molecule has 0 saturated carbocycles. The van der Waals surface area contributed by atoms with Crippen molar-refractivity contribution in [3.05, 3.63) is 28.2 Å². The predicted octanol–water partition coefficient (Wildman–Crippen LogP) is 1.30. The molecule has 2 heterocycles. The summed E-state index contributed by atoms with van der Waals surface area (Å²) in [6.45, 7) is 2.32. The van der Waals surface area contributed by atoms with E-state index >= 15 is 0 Å². The molecule has 0 saturated heterocycles. The van der Waals surface area contributed by atoms with Gasteiger partial charge in [0.15, 0.2) is 0 Å². The second-order valence-electron chi connectivity index (χ2n) is 3.79. The van der Waals surface area contributed by atoms with Crippen LogP contribution in [-0.4, -0.2) is 25.7 Å². The van der Waals surface area contributed by atoms with Gasteiger partial charge in [-0.25, -0.2) is 8.42 Å². The summed E-state index contributed by atoms with van der Waals surface area (Å²) in [5.41, 5.74) is 1.18. The van der Waals surface area contributed by atoms with Gasteiger partial charge in [-0.2, -0.15) is 5.10 Å². The van der Waals surface area contributed by atoms with Crippen molar-refractivity contribution in [3.8, 4) is 0 Å². The van der Waals surface area contributed by atoms with Gasteiger partial charge in [-0.15, -0.1) is 11.3 Å².